The second-order valence-corrected chi connectivity index (χ2v) is 7.24. The van der Waals surface area contributed by atoms with Crippen molar-refractivity contribution in [3.05, 3.63) is 35.9 Å². The van der Waals surface area contributed by atoms with Crippen LogP contribution < -0.4 is 0 Å². The summed E-state index contributed by atoms with van der Waals surface area (Å²) in [4.78, 5) is 25.4. The number of hydrogen-bond acceptors (Lipinski definition) is 4. The van der Waals surface area contributed by atoms with E-state index in [2.05, 4.69) is 0 Å². The highest BCUT2D eigenvalue weighted by atomic mass is 19.1. The largest absolute Gasteiger partial charge is 0.465 e. The smallest absolute Gasteiger partial charge is 0.410 e. The van der Waals surface area contributed by atoms with Crippen molar-refractivity contribution >= 4 is 12.1 Å². The Kier molecular flexibility index (Phi) is 6.39. The third-order valence-electron chi connectivity index (χ3n) is 3.97. The van der Waals surface area contributed by atoms with Crippen LogP contribution in [0.4, 0.5) is 9.18 Å². The van der Waals surface area contributed by atoms with Gasteiger partial charge in [-0.2, -0.15) is 0 Å². The molecular formula is C19H26FNO4. The van der Waals surface area contributed by atoms with Crippen LogP contribution in [-0.4, -0.2) is 48.4 Å². The number of nitrogens with zero attached hydrogens (tertiary/aromatic N) is 1. The molecule has 1 aliphatic rings. The molecule has 1 aliphatic heterocycles. The zero-order valence-corrected chi connectivity index (χ0v) is 15.0. The zero-order chi connectivity index (χ0) is 18.4. The van der Waals surface area contributed by atoms with E-state index in [1.165, 1.54) is 4.90 Å². The number of ether oxygens (including phenoxy) is 2. The number of halogens is 1. The van der Waals surface area contributed by atoms with E-state index >= 15 is 0 Å². The van der Waals surface area contributed by atoms with Gasteiger partial charge in [0.2, 0.25) is 0 Å². The number of carbonyl (C=O) groups excluding carboxylic acids is 2. The average Bonchev–Trinajstić information content (AvgIpc) is 2.54. The average molecular weight is 351 g/mol. The van der Waals surface area contributed by atoms with Crippen molar-refractivity contribution in [3.63, 3.8) is 0 Å². The zero-order valence-electron chi connectivity index (χ0n) is 15.0. The van der Waals surface area contributed by atoms with Gasteiger partial charge in [-0.25, -0.2) is 9.18 Å². The maximum absolute atomic E-state index is 14.3. The molecule has 138 valence electrons. The second-order valence-electron chi connectivity index (χ2n) is 7.24. The molecule has 0 aromatic heterocycles. The third-order valence-corrected chi connectivity index (χ3v) is 3.97. The Hall–Kier alpha value is -2.11. The molecule has 0 unspecified atom stereocenters. The first-order valence-electron chi connectivity index (χ1n) is 8.59. The van der Waals surface area contributed by atoms with E-state index in [0.29, 0.717) is 6.42 Å². The van der Waals surface area contributed by atoms with E-state index in [4.69, 9.17) is 9.47 Å². The Balaban J connectivity index is 1.78. The minimum Gasteiger partial charge on any atom is -0.465 e. The molecule has 2 atom stereocenters. The molecule has 1 aromatic rings. The number of carbonyl (C=O) groups is 2. The summed E-state index contributed by atoms with van der Waals surface area (Å²) in [5.74, 6) is -1.36. The number of benzene rings is 1. The summed E-state index contributed by atoms with van der Waals surface area (Å²) in [6.45, 7) is 5.64. The lowest BCUT2D eigenvalue weighted by Gasteiger charge is -2.34. The fourth-order valence-electron chi connectivity index (χ4n) is 2.68. The summed E-state index contributed by atoms with van der Waals surface area (Å²) in [7, 11) is 0. The highest BCUT2D eigenvalue weighted by molar-refractivity contribution is 5.74. The Morgan fingerprint density at radius 1 is 1.24 bits per heavy atom. The molecule has 2 rings (SSSR count). The lowest BCUT2D eigenvalue weighted by atomic mass is 9.95. The van der Waals surface area contributed by atoms with Gasteiger partial charge in [0.25, 0.3) is 0 Å². The van der Waals surface area contributed by atoms with Crippen LogP contribution in [0.3, 0.4) is 0 Å². The van der Waals surface area contributed by atoms with Crippen molar-refractivity contribution in [1.82, 2.24) is 4.90 Å². The molecule has 1 fully saturated rings. The van der Waals surface area contributed by atoms with Crippen molar-refractivity contribution in [1.29, 1.82) is 0 Å². The highest BCUT2D eigenvalue weighted by Gasteiger charge is 2.38. The number of alkyl halides is 1. The van der Waals surface area contributed by atoms with Gasteiger partial charge < -0.3 is 14.4 Å². The van der Waals surface area contributed by atoms with Crippen LogP contribution in [0.1, 0.15) is 32.8 Å². The second kappa shape index (κ2) is 8.32. The fourth-order valence-corrected chi connectivity index (χ4v) is 2.68. The predicted octanol–water partition coefficient (Wildman–Crippen LogP) is 3.37. The van der Waals surface area contributed by atoms with Crippen molar-refractivity contribution in [3.8, 4) is 0 Å². The molecule has 0 radical (unpaired) electrons. The highest BCUT2D eigenvalue weighted by Crippen LogP contribution is 2.23. The third kappa shape index (κ3) is 6.03. The molecule has 1 amide bonds. The quantitative estimate of drug-likeness (QED) is 0.781. The van der Waals surface area contributed by atoms with E-state index in [1.807, 2.05) is 30.3 Å². The Labute approximate surface area is 148 Å². The first-order chi connectivity index (χ1) is 11.8. The molecule has 0 saturated carbocycles. The molecule has 0 spiro atoms. The van der Waals surface area contributed by atoms with Gasteiger partial charge in [-0.15, -0.1) is 0 Å². The minimum absolute atomic E-state index is 0.145. The van der Waals surface area contributed by atoms with Crippen LogP contribution in [-0.2, 0) is 20.7 Å². The number of amides is 1. The van der Waals surface area contributed by atoms with E-state index in [0.717, 1.165) is 5.56 Å². The summed E-state index contributed by atoms with van der Waals surface area (Å²) in [6.07, 6.45) is -1.15. The van der Waals surface area contributed by atoms with Crippen molar-refractivity contribution < 1.29 is 23.5 Å². The first-order valence-corrected chi connectivity index (χ1v) is 8.59. The van der Waals surface area contributed by atoms with Crippen molar-refractivity contribution in [2.24, 2.45) is 5.92 Å². The van der Waals surface area contributed by atoms with Gasteiger partial charge in [0, 0.05) is 13.0 Å². The van der Waals surface area contributed by atoms with Gasteiger partial charge in [0.15, 0.2) is 0 Å². The van der Waals surface area contributed by atoms with Crippen molar-refractivity contribution in [2.75, 3.05) is 19.7 Å². The molecule has 1 saturated heterocycles. The summed E-state index contributed by atoms with van der Waals surface area (Å²) >= 11 is 0. The van der Waals surface area contributed by atoms with Crippen LogP contribution in [0.5, 0.6) is 0 Å². The lowest BCUT2D eigenvalue weighted by Crippen LogP contribution is -2.49. The molecule has 0 aliphatic carbocycles. The summed E-state index contributed by atoms with van der Waals surface area (Å²) in [5.41, 5.74) is 0.433. The van der Waals surface area contributed by atoms with Crippen LogP contribution in [0.25, 0.3) is 0 Å². The van der Waals surface area contributed by atoms with E-state index in [1.54, 1.807) is 20.8 Å². The van der Waals surface area contributed by atoms with Crippen LogP contribution in [0.2, 0.25) is 0 Å². The molecule has 5 nitrogen and oxygen atoms in total. The molecule has 0 bridgehead atoms. The maximum atomic E-state index is 14.3. The number of hydrogen-bond donors (Lipinski definition) is 0. The Morgan fingerprint density at radius 2 is 1.92 bits per heavy atom. The van der Waals surface area contributed by atoms with E-state index < -0.39 is 29.8 Å². The summed E-state index contributed by atoms with van der Waals surface area (Å²) in [6, 6.07) is 9.65. The van der Waals surface area contributed by atoms with Crippen LogP contribution in [0.15, 0.2) is 30.3 Å². The Morgan fingerprint density at radius 3 is 2.52 bits per heavy atom. The van der Waals surface area contributed by atoms with Crippen LogP contribution in [0, 0.1) is 5.92 Å². The number of rotatable bonds is 4. The van der Waals surface area contributed by atoms with Gasteiger partial charge in [-0.1, -0.05) is 30.3 Å². The molecular weight excluding hydrogens is 325 g/mol. The van der Waals surface area contributed by atoms with E-state index in [9.17, 15) is 14.0 Å². The monoisotopic (exact) mass is 351 g/mol. The van der Waals surface area contributed by atoms with Crippen LogP contribution >= 0.6 is 0 Å². The van der Waals surface area contributed by atoms with Gasteiger partial charge >= 0.3 is 12.1 Å². The molecule has 6 heteroatoms. The normalized spacial score (nSPS) is 20.9. The number of esters is 1. The predicted molar refractivity (Wildman–Crippen MR) is 91.9 cm³/mol. The van der Waals surface area contributed by atoms with Crippen molar-refractivity contribution in [2.45, 2.75) is 45.4 Å². The SMILES string of the molecule is CC(C)(C)OC(=O)N1CC[C@@H](C(=O)OCCc2ccccc2)[C@@H](F)C1. The molecule has 0 N–H and O–H groups in total. The van der Waals surface area contributed by atoms with Gasteiger partial charge in [0.1, 0.15) is 11.8 Å². The van der Waals surface area contributed by atoms with Gasteiger partial charge in [-0.05, 0) is 32.8 Å². The standard InChI is InChI=1S/C19H26FNO4/c1-19(2,3)25-18(23)21-11-9-15(16(20)13-21)17(22)24-12-10-14-7-5-4-6-8-14/h4-8,15-16H,9-13H2,1-3H3/t15-,16+/m1/s1. The molecule has 25 heavy (non-hydrogen) atoms. The van der Waals surface area contributed by atoms with Gasteiger partial charge in [-0.3, -0.25) is 4.79 Å². The molecule has 1 aromatic carbocycles. The molecule has 1 heterocycles. The number of piperidine rings is 1. The summed E-state index contributed by atoms with van der Waals surface area (Å²) in [5, 5.41) is 0. The number of likely N-dealkylation sites (tertiary alicyclic amines) is 1. The topological polar surface area (TPSA) is 55.8 Å². The summed E-state index contributed by atoms with van der Waals surface area (Å²) < 4.78 is 24.8. The maximum Gasteiger partial charge on any atom is 0.410 e. The fraction of sp³-hybridized carbons (Fsp3) is 0.579. The van der Waals surface area contributed by atoms with Gasteiger partial charge in [0.05, 0.1) is 19.1 Å². The minimum atomic E-state index is -1.44. The van der Waals surface area contributed by atoms with E-state index in [-0.39, 0.29) is 26.1 Å². The Bertz CT molecular complexity index is 585. The first kappa shape index (κ1) is 19.2. The lowest BCUT2D eigenvalue weighted by molar-refractivity contribution is -0.153.